The zero-order chi connectivity index (χ0) is 45.8. The summed E-state index contributed by atoms with van der Waals surface area (Å²) in [7, 11) is 0. The Hall–Kier alpha value is -6.71. The van der Waals surface area contributed by atoms with Gasteiger partial charge < -0.3 is 35.7 Å². The number of ketones is 2. The van der Waals surface area contributed by atoms with Crippen molar-refractivity contribution in [2.45, 2.75) is 110 Å². The van der Waals surface area contributed by atoms with Gasteiger partial charge in [0.05, 0.1) is 53.5 Å². The second-order valence-corrected chi connectivity index (χ2v) is 14.5. The summed E-state index contributed by atoms with van der Waals surface area (Å²) in [4.78, 5) is 92.7. The molecule has 0 aromatic heterocycles. The Morgan fingerprint density at radius 3 is 1.44 bits per heavy atom. The molecule has 3 amide bonds. The molecule has 0 radical (unpaired) electrons. The van der Waals surface area contributed by atoms with Crippen LogP contribution in [0.5, 0.6) is 0 Å². The molecule has 2 heterocycles. The number of oxime groups is 1. The third-order valence-corrected chi connectivity index (χ3v) is 10.0. The fraction of sp³-hybridized carbons (Fsp3) is 0.413. The second kappa shape index (κ2) is 25.2. The lowest BCUT2D eigenvalue weighted by atomic mass is 9.91. The van der Waals surface area contributed by atoms with Crippen LogP contribution in [0.3, 0.4) is 0 Å². The van der Waals surface area contributed by atoms with Gasteiger partial charge in [0.1, 0.15) is 6.21 Å². The number of anilines is 3. The molecular formula is C46H56N4O12. The number of rotatable bonds is 19. The van der Waals surface area contributed by atoms with E-state index in [2.05, 4.69) is 35.0 Å². The molecule has 3 unspecified atom stereocenters. The monoisotopic (exact) mass is 856 g/mol. The first-order valence-corrected chi connectivity index (χ1v) is 20.9. The molecule has 2 aliphatic rings. The number of carbonyl (C=O) groups excluding carboxylic acids is 7. The van der Waals surface area contributed by atoms with Gasteiger partial charge in [-0.15, -0.1) is 0 Å². The number of nitrogens with zero attached hydrogens (tertiary/aromatic N) is 1. The van der Waals surface area contributed by atoms with Crippen LogP contribution in [0, 0.1) is 0 Å². The van der Waals surface area contributed by atoms with Crippen molar-refractivity contribution in [1.29, 1.82) is 0 Å². The van der Waals surface area contributed by atoms with Crippen LogP contribution in [0.15, 0.2) is 65.8 Å². The lowest BCUT2D eigenvalue weighted by Gasteiger charge is -2.16. The van der Waals surface area contributed by atoms with Gasteiger partial charge in [0.2, 0.25) is 0 Å². The highest BCUT2D eigenvalue weighted by Gasteiger charge is 2.32. The topological polar surface area (TPSA) is 244 Å². The zero-order valence-corrected chi connectivity index (χ0v) is 35.8. The van der Waals surface area contributed by atoms with Gasteiger partial charge in [-0.3, -0.25) is 38.4 Å². The maximum absolute atomic E-state index is 12.1. The summed E-state index contributed by atoms with van der Waals surface area (Å²) in [6, 6.07) is 16.8. The average molecular weight is 857 g/mol. The van der Waals surface area contributed by atoms with Gasteiger partial charge in [0, 0.05) is 5.69 Å². The minimum atomic E-state index is -0.905. The van der Waals surface area contributed by atoms with Crippen molar-refractivity contribution >= 4 is 70.5 Å². The Labute approximate surface area is 360 Å². The Morgan fingerprint density at radius 1 is 0.629 bits per heavy atom. The fourth-order valence-electron chi connectivity index (χ4n) is 6.76. The predicted octanol–water partition coefficient (Wildman–Crippen LogP) is 7.76. The van der Waals surface area contributed by atoms with Crippen molar-refractivity contribution in [3.8, 4) is 0 Å². The summed E-state index contributed by atoms with van der Waals surface area (Å²) in [5, 5.41) is 27.7. The van der Waals surface area contributed by atoms with Crippen molar-refractivity contribution in [2.24, 2.45) is 5.16 Å². The molecule has 0 fully saturated rings. The van der Waals surface area contributed by atoms with Gasteiger partial charge in [-0.1, -0.05) is 88.7 Å². The number of nitrogens with one attached hydrogen (secondary N) is 3. The zero-order valence-electron chi connectivity index (χ0n) is 35.8. The number of carboxylic acids is 1. The number of carboxylic acid groups (broad SMARTS) is 1. The van der Waals surface area contributed by atoms with Crippen LogP contribution in [0.4, 0.5) is 17.1 Å². The lowest BCUT2D eigenvalue weighted by Crippen LogP contribution is -2.16. The van der Waals surface area contributed by atoms with Gasteiger partial charge in [-0.25, -0.2) is 0 Å². The van der Waals surface area contributed by atoms with Crippen molar-refractivity contribution in [2.75, 3.05) is 29.2 Å². The van der Waals surface area contributed by atoms with E-state index in [1.807, 2.05) is 6.92 Å². The van der Waals surface area contributed by atoms with Crippen LogP contribution >= 0.6 is 0 Å². The van der Waals surface area contributed by atoms with Crippen LogP contribution in [-0.4, -0.2) is 76.9 Å². The summed E-state index contributed by atoms with van der Waals surface area (Å²) in [5.74, 6) is -5.68. The van der Waals surface area contributed by atoms with Gasteiger partial charge in [0.25, 0.3) is 29.3 Å². The molecule has 0 saturated heterocycles. The molecule has 62 heavy (non-hydrogen) atoms. The van der Waals surface area contributed by atoms with Crippen LogP contribution in [-0.2, 0) is 38.2 Å². The Bertz CT molecular complexity index is 2110. The van der Waals surface area contributed by atoms with E-state index in [1.54, 1.807) is 68.4 Å². The molecule has 0 bridgehead atoms. The highest BCUT2D eigenvalue weighted by molar-refractivity contribution is 6.52. The van der Waals surface area contributed by atoms with Crippen LogP contribution in [0.1, 0.15) is 148 Å². The summed E-state index contributed by atoms with van der Waals surface area (Å²) in [6.07, 6.45) is 8.23. The van der Waals surface area contributed by atoms with Crippen molar-refractivity contribution < 1.29 is 58.1 Å². The molecule has 3 aromatic rings. The molecule has 2 aliphatic heterocycles. The van der Waals surface area contributed by atoms with E-state index in [-0.39, 0.29) is 23.4 Å². The van der Waals surface area contributed by atoms with E-state index >= 15 is 0 Å². The van der Waals surface area contributed by atoms with E-state index in [4.69, 9.17) is 14.7 Å². The number of aliphatic carboxylic acids is 1. The highest BCUT2D eigenvalue weighted by atomic mass is 16.5. The number of amides is 3. The smallest absolute Gasteiger partial charge is 0.313 e. The number of unbranched alkanes of at least 4 members (excludes halogenated alkanes) is 3. The third kappa shape index (κ3) is 13.9. The number of hydrogen-bond acceptors (Lipinski definition) is 12. The quantitative estimate of drug-likeness (QED) is 0.0255. The fourth-order valence-corrected chi connectivity index (χ4v) is 6.76. The van der Waals surface area contributed by atoms with Crippen molar-refractivity contribution in [1.82, 2.24) is 0 Å². The maximum Gasteiger partial charge on any atom is 0.313 e. The predicted molar refractivity (Wildman–Crippen MR) is 232 cm³/mol. The van der Waals surface area contributed by atoms with Crippen LogP contribution < -0.4 is 16.0 Å². The first-order chi connectivity index (χ1) is 29.7. The van der Waals surface area contributed by atoms with E-state index in [9.17, 15) is 43.5 Å². The minimum absolute atomic E-state index is 0.222. The summed E-state index contributed by atoms with van der Waals surface area (Å²) < 4.78 is 10.2. The van der Waals surface area contributed by atoms with Crippen molar-refractivity contribution in [3.05, 3.63) is 88.5 Å². The summed E-state index contributed by atoms with van der Waals surface area (Å²) in [6.45, 7) is 10.4. The number of carbonyl (C=O) groups is 8. The second-order valence-electron chi connectivity index (χ2n) is 14.5. The molecule has 5 rings (SSSR count). The number of Topliss-reactive ketones (excluding diaryl/α,β-unsaturated/α-hetero) is 2. The lowest BCUT2D eigenvalue weighted by molar-refractivity contribution is -0.146. The number of ether oxygens (including phenoxy) is 2. The molecule has 16 nitrogen and oxygen atoms in total. The van der Waals surface area contributed by atoms with E-state index in [1.165, 1.54) is 6.07 Å². The van der Waals surface area contributed by atoms with E-state index in [0.29, 0.717) is 54.2 Å². The molecule has 0 saturated carbocycles. The molecule has 0 aliphatic carbocycles. The Morgan fingerprint density at radius 2 is 1.03 bits per heavy atom. The maximum atomic E-state index is 12.1. The number of benzene rings is 3. The first-order valence-electron chi connectivity index (χ1n) is 20.9. The summed E-state index contributed by atoms with van der Waals surface area (Å²) in [5.41, 5.74) is 4.29. The molecule has 5 N–H and O–H groups in total. The summed E-state index contributed by atoms with van der Waals surface area (Å²) >= 11 is 0. The number of hydrogen-bond donors (Lipinski definition) is 5. The van der Waals surface area contributed by atoms with Crippen LogP contribution in [0.2, 0.25) is 0 Å². The molecule has 3 aromatic carbocycles. The normalized spacial score (nSPS) is 13.8. The van der Waals surface area contributed by atoms with Crippen LogP contribution in [0.25, 0.3) is 0 Å². The molecule has 0 spiro atoms. The first kappa shape index (κ1) is 49.7. The van der Waals surface area contributed by atoms with Gasteiger partial charge in [0.15, 0.2) is 0 Å². The Kier molecular flexibility index (Phi) is 20.1. The highest BCUT2D eigenvalue weighted by Crippen LogP contribution is 2.32. The van der Waals surface area contributed by atoms with E-state index in [0.717, 1.165) is 62.3 Å². The Balaban J connectivity index is 0.000000248. The molecular weight excluding hydrogens is 801 g/mol. The largest absolute Gasteiger partial charge is 0.481 e. The molecule has 16 heteroatoms. The minimum Gasteiger partial charge on any atom is -0.481 e. The SMILES string of the molecule is CCCCC(C(=O)O)c1ccc2c(c1)C(=O)C(=O)N2.CCCCC(C(=O)OCC)c1ccc(NC(=O)/C=N/O)cc1.CCCCC(C(=O)OCC)c1ccc2c(c1)C(=O)C(=O)N2. The standard InChI is InChI=1S/C16H22N2O4.C16H19NO4.C14H15NO4/c1-3-5-6-14(16(20)22-4-2)12-7-9-13(10-8-12)18-15(19)11-17-21;1-3-5-6-11(16(20)21-4-2)10-7-8-13-12(9-10)14(18)15(19)17-13;1-2-3-4-9(14(18)19)8-5-6-11-10(7-8)12(16)13(17)15-11/h7-11,14,21H,3-6H2,1-2H3,(H,18,19);7-9,11H,3-6H2,1-2H3,(H,17,18,19);5-7,9H,2-4H2,1H3,(H,18,19)(H,15,16,17)/b17-11+;;. The number of fused-ring (bicyclic) bond motifs is 2. The van der Waals surface area contributed by atoms with Gasteiger partial charge >= 0.3 is 17.9 Å². The molecule has 3 atom stereocenters. The molecule has 332 valence electrons. The number of esters is 2. The third-order valence-electron chi connectivity index (χ3n) is 10.0. The van der Waals surface area contributed by atoms with E-state index < -0.39 is 47.1 Å². The van der Waals surface area contributed by atoms with Gasteiger partial charge in [-0.05, 0) is 86.2 Å². The average Bonchev–Trinajstić information content (AvgIpc) is 3.70. The van der Waals surface area contributed by atoms with Crippen molar-refractivity contribution in [3.63, 3.8) is 0 Å². The van der Waals surface area contributed by atoms with Gasteiger partial charge in [-0.2, -0.15) is 0 Å².